The Morgan fingerprint density at radius 1 is 1.11 bits per heavy atom. The van der Waals surface area contributed by atoms with Gasteiger partial charge in [0.25, 0.3) is 5.91 Å². The first kappa shape index (κ1) is 19.8. The topological polar surface area (TPSA) is 70.7 Å². The van der Waals surface area contributed by atoms with Crippen LogP contribution in [0.5, 0.6) is 0 Å². The molecule has 1 saturated heterocycles. The van der Waals surface area contributed by atoms with Crippen molar-refractivity contribution < 1.29 is 18.7 Å². The highest BCUT2D eigenvalue weighted by Crippen LogP contribution is 2.27. The number of ether oxygens (including phenoxy) is 1. The van der Waals surface area contributed by atoms with Gasteiger partial charge in [0.2, 0.25) is 5.91 Å². The lowest BCUT2D eigenvalue weighted by molar-refractivity contribution is -0.119. The van der Waals surface area contributed by atoms with Crippen molar-refractivity contribution in [2.45, 2.75) is 19.4 Å². The lowest BCUT2D eigenvalue weighted by Crippen LogP contribution is -2.27. The summed E-state index contributed by atoms with van der Waals surface area (Å²) in [6.45, 7) is 2.03. The maximum atomic E-state index is 13.0. The highest BCUT2D eigenvalue weighted by molar-refractivity contribution is 6.02. The molecule has 0 unspecified atom stereocenters. The van der Waals surface area contributed by atoms with E-state index in [4.69, 9.17) is 4.74 Å². The smallest absolute Gasteiger partial charge is 0.253 e. The van der Waals surface area contributed by atoms with Gasteiger partial charge in [-0.15, -0.1) is 0 Å². The summed E-state index contributed by atoms with van der Waals surface area (Å²) in [5.41, 5.74) is 2.69. The monoisotopic (exact) mass is 385 g/mol. The van der Waals surface area contributed by atoms with Crippen LogP contribution in [0.4, 0.5) is 15.8 Å². The lowest BCUT2D eigenvalue weighted by atomic mass is 10.1. The minimum absolute atomic E-state index is 0.0556. The molecule has 0 aliphatic carbocycles. The molecule has 28 heavy (non-hydrogen) atoms. The van der Waals surface area contributed by atoms with Crippen LogP contribution in [0.1, 0.15) is 28.8 Å². The predicted molar refractivity (Wildman–Crippen MR) is 106 cm³/mol. The lowest BCUT2D eigenvalue weighted by Gasteiger charge is -2.22. The number of hydrogen-bond acceptors (Lipinski definition) is 4. The number of nitrogens with zero attached hydrogens (tertiary/aromatic N) is 1. The van der Waals surface area contributed by atoms with Crippen molar-refractivity contribution in [2.75, 3.05) is 37.0 Å². The molecule has 0 bridgehead atoms. The summed E-state index contributed by atoms with van der Waals surface area (Å²) in [4.78, 5) is 26.8. The second-order valence-electron chi connectivity index (χ2n) is 6.72. The Balaban J connectivity index is 1.78. The normalized spacial score (nSPS) is 13.4. The van der Waals surface area contributed by atoms with E-state index in [9.17, 15) is 14.0 Å². The van der Waals surface area contributed by atoms with Gasteiger partial charge in [0, 0.05) is 38.1 Å². The molecule has 2 N–H and O–H groups in total. The number of methoxy groups -OCH3 is 1. The molecule has 2 amide bonds. The summed E-state index contributed by atoms with van der Waals surface area (Å²) in [7, 11) is 1.45. The van der Waals surface area contributed by atoms with Gasteiger partial charge in [-0.3, -0.25) is 9.59 Å². The Labute approximate surface area is 163 Å². The molecule has 6 nitrogen and oxygen atoms in total. The van der Waals surface area contributed by atoms with Crippen LogP contribution in [-0.4, -0.2) is 38.6 Å². The summed E-state index contributed by atoms with van der Waals surface area (Å²) in [6, 6.07) is 11.3. The molecule has 2 aromatic carbocycles. The molecular formula is C21H24FN3O3. The fourth-order valence-corrected chi connectivity index (χ4v) is 3.24. The Morgan fingerprint density at radius 3 is 2.50 bits per heavy atom. The average molecular weight is 385 g/mol. The number of anilines is 2. The molecular weight excluding hydrogens is 361 g/mol. The Kier molecular flexibility index (Phi) is 6.60. The van der Waals surface area contributed by atoms with Gasteiger partial charge in [-0.2, -0.15) is 0 Å². The van der Waals surface area contributed by atoms with Crippen molar-refractivity contribution in [3.63, 3.8) is 0 Å². The molecule has 1 aliphatic heterocycles. The van der Waals surface area contributed by atoms with Crippen LogP contribution in [0.25, 0.3) is 0 Å². The van der Waals surface area contributed by atoms with Gasteiger partial charge in [-0.1, -0.05) is 12.1 Å². The number of carbonyl (C=O) groups excluding carboxylic acids is 2. The van der Waals surface area contributed by atoms with Crippen molar-refractivity contribution in [3.05, 3.63) is 59.4 Å². The number of benzene rings is 2. The minimum atomic E-state index is -0.314. The second kappa shape index (κ2) is 9.32. The van der Waals surface area contributed by atoms with Crippen molar-refractivity contribution in [1.29, 1.82) is 0 Å². The van der Waals surface area contributed by atoms with Crippen molar-refractivity contribution in [2.24, 2.45) is 0 Å². The van der Waals surface area contributed by atoms with E-state index in [1.807, 2.05) is 6.07 Å². The maximum absolute atomic E-state index is 13.0. The van der Waals surface area contributed by atoms with E-state index in [-0.39, 0.29) is 24.2 Å². The largest absolute Gasteiger partial charge is 0.375 e. The molecule has 1 aliphatic rings. The molecule has 148 valence electrons. The quantitative estimate of drug-likeness (QED) is 0.769. The van der Waals surface area contributed by atoms with Gasteiger partial charge in [-0.25, -0.2) is 4.39 Å². The van der Waals surface area contributed by atoms with Crippen LogP contribution in [0.2, 0.25) is 0 Å². The number of hydrogen-bond donors (Lipinski definition) is 2. The molecule has 2 aromatic rings. The van der Waals surface area contributed by atoms with E-state index in [0.717, 1.165) is 37.2 Å². The van der Waals surface area contributed by atoms with Crippen LogP contribution in [0.15, 0.2) is 42.5 Å². The first-order valence-electron chi connectivity index (χ1n) is 9.27. The van der Waals surface area contributed by atoms with Gasteiger partial charge in [0.05, 0.1) is 5.56 Å². The van der Waals surface area contributed by atoms with Gasteiger partial charge in [-0.05, 0) is 48.7 Å². The van der Waals surface area contributed by atoms with Crippen LogP contribution in [-0.2, 0) is 16.1 Å². The Hall–Kier alpha value is -2.93. The number of nitrogens with one attached hydrogen (secondary N) is 2. The third-order valence-electron chi connectivity index (χ3n) is 4.61. The summed E-state index contributed by atoms with van der Waals surface area (Å²) in [5.74, 6) is -0.839. The average Bonchev–Trinajstić information content (AvgIpc) is 3.22. The number of amides is 2. The van der Waals surface area contributed by atoms with Crippen LogP contribution in [0, 0.1) is 5.82 Å². The molecule has 0 radical (unpaired) electrons. The van der Waals surface area contributed by atoms with Crippen LogP contribution < -0.4 is 15.5 Å². The van der Waals surface area contributed by atoms with Gasteiger partial charge in [0.15, 0.2) is 0 Å². The second-order valence-corrected chi connectivity index (χ2v) is 6.72. The summed E-state index contributed by atoms with van der Waals surface area (Å²) < 4.78 is 17.9. The fraction of sp³-hybridized carbons (Fsp3) is 0.333. The molecule has 3 rings (SSSR count). The van der Waals surface area contributed by atoms with Crippen molar-refractivity contribution in [1.82, 2.24) is 5.32 Å². The van der Waals surface area contributed by atoms with Crippen molar-refractivity contribution >= 4 is 23.2 Å². The van der Waals surface area contributed by atoms with E-state index in [2.05, 4.69) is 15.5 Å². The van der Waals surface area contributed by atoms with E-state index < -0.39 is 0 Å². The highest BCUT2D eigenvalue weighted by atomic mass is 19.1. The van der Waals surface area contributed by atoms with Gasteiger partial charge >= 0.3 is 0 Å². The van der Waals surface area contributed by atoms with Gasteiger partial charge in [0.1, 0.15) is 12.4 Å². The zero-order valence-corrected chi connectivity index (χ0v) is 15.8. The number of halogens is 1. The van der Waals surface area contributed by atoms with E-state index >= 15 is 0 Å². The number of rotatable bonds is 7. The van der Waals surface area contributed by atoms with Crippen LogP contribution in [0.3, 0.4) is 0 Å². The van der Waals surface area contributed by atoms with E-state index in [0.29, 0.717) is 17.8 Å². The molecule has 0 spiro atoms. The first-order chi connectivity index (χ1) is 13.6. The van der Waals surface area contributed by atoms with E-state index in [1.54, 1.807) is 24.3 Å². The highest BCUT2D eigenvalue weighted by Gasteiger charge is 2.20. The zero-order valence-electron chi connectivity index (χ0n) is 15.8. The molecule has 1 heterocycles. The first-order valence-corrected chi connectivity index (χ1v) is 9.27. The predicted octanol–water partition coefficient (Wildman–Crippen LogP) is 2.94. The molecule has 0 atom stereocenters. The van der Waals surface area contributed by atoms with E-state index in [1.165, 1.54) is 19.2 Å². The molecule has 0 saturated carbocycles. The maximum Gasteiger partial charge on any atom is 0.253 e. The van der Waals surface area contributed by atoms with Crippen LogP contribution >= 0.6 is 0 Å². The molecule has 0 aromatic heterocycles. The number of carbonyl (C=O) groups is 2. The third-order valence-corrected chi connectivity index (χ3v) is 4.61. The third kappa shape index (κ3) is 5.07. The molecule has 7 heteroatoms. The summed E-state index contributed by atoms with van der Waals surface area (Å²) in [5, 5.41) is 5.61. The minimum Gasteiger partial charge on any atom is -0.375 e. The SMILES string of the molecule is COCC(=O)Nc1ccc(N2CCCC2)c(C(=O)NCc2ccc(F)cc2)c1. The Morgan fingerprint density at radius 2 is 1.82 bits per heavy atom. The summed E-state index contributed by atoms with van der Waals surface area (Å²) in [6.07, 6.45) is 2.17. The molecule has 1 fully saturated rings. The van der Waals surface area contributed by atoms with Gasteiger partial charge < -0.3 is 20.3 Å². The van der Waals surface area contributed by atoms with Crippen molar-refractivity contribution in [3.8, 4) is 0 Å². The zero-order chi connectivity index (χ0) is 19.9. The summed E-state index contributed by atoms with van der Waals surface area (Å²) >= 11 is 0. The fourth-order valence-electron chi connectivity index (χ4n) is 3.24. The Bertz CT molecular complexity index is 833. The standard InChI is InChI=1S/C21H24FN3O3/c1-28-14-20(26)24-17-8-9-19(25-10-2-3-11-25)18(12-17)21(27)23-13-15-4-6-16(22)7-5-15/h4-9,12H,2-3,10-11,13-14H2,1H3,(H,23,27)(H,24,26).